The largest absolute Gasteiger partial charge is 0.387 e. The van der Waals surface area contributed by atoms with Crippen LogP contribution in [0.1, 0.15) is 71.6 Å². The summed E-state index contributed by atoms with van der Waals surface area (Å²) in [5, 5.41) is 10.9. The van der Waals surface area contributed by atoms with Crippen LogP contribution in [0.3, 0.4) is 0 Å². The van der Waals surface area contributed by atoms with Crippen molar-refractivity contribution >= 4 is 5.91 Å². The van der Waals surface area contributed by atoms with Gasteiger partial charge in [0, 0.05) is 13.0 Å². The molecule has 0 radical (unpaired) electrons. The van der Waals surface area contributed by atoms with Gasteiger partial charge in [0.2, 0.25) is 5.91 Å². The normalized spacial score (nSPS) is 53.5. The molecule has 0 heterocycles. The van der Waals surface area contributed by atoms with Crippen LogP contribution in [0.4, 0.5) is 0 Å². The Bertz CT molecular complexity index is 580. The van der Waals surface area contributed by atoms with E-state index in [1.165, 1.54) is 25.7 Å². The van der Waals surface area contributed by atoms with E-state index in [0.717, 1.165) is 43.9 Å². The molecule has 0 bridgehead atoms. The van der Waals surface area contributed by atoms with E-state index in [-0.39, 0.29) is 17.2 Å². The first-order valence-electron chi connectivity index (χ1n) is 10.7. The Morgan fingerprint density at radius 3 is 2.46 bits per heavy atom. The van der Waals surface area contributed by atoms with Crippen LogP contribution in [0.15, 0.2) is 0 Å². The molecule has 4 heteroatoms. The highest BCUT2D eigenvalue weighted by Gasteiger charge is 2.61. The molecule has 3 N–H and O–H groups in total. The molecule has 0 aromatic carbocycles. The molecular formula is C22H37NO3. The molecule has 0 saturated heterocycles. The second-order valence-electron chi connectivity index (χ2n) is 10.6. The minimum Gasteiger partial charge on any atom is -0.387 e. The van der Waals surface area contributed by atoms with Crippen LogP contribution >= 0.6 is 0 Å². The molecule has 0 aromatic rings. The third-order valence-corrected chi connectivity index (χ3v) is 9.58. The first-order chi connectivity index (χ1) is 12.2. The van der Waals surface area contributed by atoms with E-state index in [9.17, 15) is 9.90 Å². The summed E-state index contributed by atoms with van der Waals surface area (Å²) in [6.07, 6.45) is 9.91. The van der Waals surface area contributed by atoms with Gasteiger partial charge in [-0.2, -0.15) is 0 Å². The van der Waals surface area contributed by atoms with Gasteiger partial charge in [0.1, 0.15) is 0 Å². The number of ether oxygens (including phenoxy) is 1. The molecule has 4 saturated carbocycles. The first-order valence-corrected chi connectivity index (χ1v) is 10.7. The topological polar surface area (TPSA) is 72.6 Å². The van der Waals surface area contributed by atoms with Gasteiger partial charge in [0.25, 0.3) is 0 Å². The maximum absolute atomic E-state index is 12.0. The lowest BCUT2D eigenvalue weighted by Crippen LogP contribution is -2.57. The lowest BCUT2D eigenvalue weighted by Gasteiger charge is -2.62. The number of aliphatic hydroxyl groups is 1. The SMILES string of the molecule is COC[C@@]1(O)CC[C@@]2(C)[C@H](CC[C@@H]3[C@@H]2CC[C@]2(C)[C@@H](C(N)=O)CC[C@@H]32)C1. The Morgan fingerprint density at radius 1 is 1.04 bits per heavy atom. The van der Waals surface area contributed by atoms with Crippen LogP contribution < -0.4 is 5.73 Å². The zero-order valence-corrected chi connectivity index (χ0v) is 16.8. The Balaban J connectivity index is 1.56. The summed E-state index contributed by atoms with van der Waals surface area (Å²) in [7, 11) is 1.69. The summed E-state index contributed by atoms with van der Waals surface area (Å²) in [5.41, 5.74) is 5.61. The molecular weight excluding hydrogens is 326 g/mol. The van der Waals surface area contributed by atoms with Crippen molar-refractivity contribution in [2.24, 2.45) is 46.2 Å². The Hall–Kier alpha value is -0.610. The van der Waals surface area contributed by atoms with E-state index >= 15 is 0 Å². The highest BCUT2D eigenvalue weighted by Crippen LogP contribution is 2.67. The summed E-state index contributed by atoms with van der Waals surface area (Å²) in [6.45, 7) is 5.32. The molecule has 26 heavy (non-hydrogen) atoms. The van der Waals surface area contributed by atoms with E-state index in [1.54, 1.807) is 7.11 Å². The molecule has 0 aliphatic heterocycles. The molecule has 4 aliphatic rings. The van der Waals surface area contributed by atoms with Crippen molar-refractivity contribution in [3.63, 3.8) is 0 Å². The molecule has 0 aromatic heterocycles. The van der Waals surface area contributed by atoms with E-state index in [4.69, 9.17) is 10.5 Å². The Labute approximate surface area is 158 Å². The fraction of sp³-hybridized carbons (Fsp3) is 0.955. The molecule has 148 valence electrons. The van der Waals surface area contributed by atoms with Crippen LogP contribution in [-0.4, -0.2) is 30.3 Å². The van der Waals surface area contributed by atoms with Gasteiger partial charge >= 0.3 is 0 Å². The van der Waals surface area contributed by atoms with Crippen LogP contribution in [0.2, 0.25) is 0 Å². The van der Waals surface area contributed by atoms with Gasteiger partial charge in [-0.1, -0.05) is 13.8 Å². The minimum atomic E-state index is -0.626. The van der Waals surface area contributed by atoms with Crippen LogP contribution in [0.25, 0.3) is 0 Å². The summed E-state index contributed by atoms with van der Waals surface area (Å²) in [6, 6.07) is 0. The van der Waals surface area contributed by atoms with Gasteiger partial charge < -0.3 is 15.6 Å². The fourth-order valence-corrected chi connectivity index (χ4v) is 8.19. The number of methoxy groups -OCH3 is 1. The van der Waals surface area contributed by atoms with Crippen LogP contribution in [-0.2, 0) is 9.53 Å². The van der Waals surface area contributed by atoms with Crippen molar-refractivity contribution in [2.75, 3.05) is 13.7 Å². The lowest BCUT2D eigenvalue weighted by molar-refractivity contribution is -0.164. The molecule has 4 nitrogen and oxygen atoms in total. The summed E-state index contributed by atoms with van der Waals surface area (Å²) < 4.78 is 5.31. The lowest BCUT2D eigenvalue weighted by atomic mass is 9.44. The summed E-state index contributed by atoms with van der Waals surface area (Å²) >= 11 is 0. The average molecular weight is 364 g/mol. The molecule has 4 aliphatic carbocycles. The van der Waals surface area contributed by atoms with E-state index in [1.807, 2.05) is 0 Å². The standard InChI is InChI=1S/C22H37NO3/c1-20-10-11-22(25,13-26-3)12-14(20)4-5-15-16-6-7-18(19(23)24)21(16,2)9-8-17(15)20/h14-18,25H,4-13H2,1-3H3,(H2,23,24)/t14-,15+,16+,17+,18-,20+,21+,22-/m1/s1. The highest BCUT2D eigenvalue weighted by atomic mass is 16.5. The number of rotatable bonds is 3. The fourth-order valence-electron chi connectivity index (χ4n) is 8.19. The number of carbonyl (C=O) groups is 1. The Morgan fingerprint density at radius 2 is 1.77 bits per heavy atom. The monoisotopic (exact) mass is 363 g/mol. The number of fused-ring (bicyclic) bond motifs is 5. The predicted molar refractivity (Wildman–Crippen MR) is 101 cm³/mol. The number of carbonyl (C=O) groups excluding carboxylic acids is 1. The predicted octanol–water partition coefficient (Wildman–Crippen LogP) is 3.51. The van der Waals surface area contributed by atoms with Gasteiger partial charge in [-0.05, 0) is 92.3 Å². The molecule has 4 rings (SSSR count). The smallest absolute Gasteiger partial charge is 0.221 e. The summed E-state index contributed by atoms with van der Waals surface area (Å²) in [5.74, 6) is 2.77. The van der Waals surface area contributed by atoms with Crippen LogP contribution in [0.5, 0.6) is 0 Å². The van der Waals surface area contributed by atoms with Crippen molar-refractivity contribution < 1.29 is 14.6 Å². The number of primary amides is 1. The van der Waals surface area contributed by atoms with E-state index < -0.39 is 5.60 Å². The van der Waals surface area contributed by atoms with Crippen LogP contribution in [0, 0.1) is 40.4 Å². The third-order valence-electron chi connectivity index (χ3n) is 9.58. The van der Waals surface area contributed by atoms with Crippen molar-refractivity contribution in [3.05, 3.63) is 0 Å². The van der Waals surface area contributed by atoms with E-state index in [0.29, 0.717) is 23.9 Å². The Kier molecular flexibility index (Phi) is 4.47. The van der Waals surface area contributed by atoms with Gasteiger partial charge in [-0.15, -0.1) is 0 Å². The number of hydrogen-bond donors (Lipinski definition) is 2. The van der Waals surface area contributed by atoms with Crippen molar-refractivity contribution in [2.45, 2.75) is 77.2 Å². The van der Waals surface area contributed by atoms with Gasteiger partial charge in [0.05, 0.1) is 12.2 Å². The zero-order valence-electron chi connectivity index (χ0n) is 16.8. The number of amides is 1. The summed E-state index contributed by atoms with van der Waals surface area (Å²) in [4.78, 5) is 12.0. The highest BCUT2D eigenvalue weighted by molar-refractivity contribution is 5.78. The third kappa shape index (κ3) is 2.58. The number of nitrogens with two attached hydrogens (primary N) is 1. The molecule has 0 unspecified atom stereocenters. The molecule has 4 fully saturated rings. The van der Waals surface area contributed by atoms with Crippen molar-refractivity contribution in [1.29, 1.82) is 0 Å². The second-order valence-corrected chi connectivity index (χ2v) is 10.6. The maximum Gasteiger partial charge on any atom is 0.221 e. The van der Waals surface area contributed by atoms with Gasteiger partial charge in [0.15, 0.2) is 0 Å². The van der Waals surface area contributed by atoms with Gasteiger partial charge in [-0.3, -0.25) is 4.79 Å². The van der Waals surface area contributed by atoms with Crippen molar-refractivity contribution in [3.8, 4) is 0 Å². The average Bonchev–Trinajstić information content (AvgIpc) is 2.93. The first kappa shape index (κ1) is 18.7. The zero-order chi connectivity index (χ0) is 18.7. The molecule has 1 amide bonds. The van der Waals surface area contributed by atoms with E-state index in [2.05, 4.69) is 13.8 Å². The van der Waals surface area contributed by atoms with Crippen molar-refractivity contribution in [1.82, 2.24) is 0 Å². The number of hydrogen-bond acceptors (Lipinski definition) is 3. The van der Waals surface area contributed by atoms with Gasteiger partial charge in [-0.25, -0.2) is 0 Å². The molecule has 0 spiro atoms. The quantitative estimate of drug-likeness (QED) is 0.806. The second kappa shape index (κ2) is 6.20. The molecule has 8 atom stereocenters. The maximum atomic E-state index is 12.0. The minimum absolute atomic E-state index is 0.0735.